The van der Waals surface area contributed by atoms with Crippen molar-refractivity contribution in [3.05, 3.63) is 71.3 Å². The summed E-state index contributed by atoms with van der Waals surface area (Å²) in [6, 6.07) is 18.4. The second-order valence-corrected chi connectivity index (χ2v) is 8.74. The van der Waals surface area contributed by atoms with Crippen LogP contribution in [0.2, 0.25) is 0 Å². The van der Waals surface area contributed by atoms with Crippen LogP contribution in [-0.2, 0) is 9.47 Å². The maximum absolute atomic E-state index is 13.9. The number of hydrogen-bond donors (Lipinski definition) is 0. The maximum atomic E-state index is 13.9. The lowest BCUT2D eigenvalue weighted by Crippen LogP contribution is -2.55. The van der Waals surface area contributed by atoms with Gasteiger partial charge in [0.2, 0.25) is 0 Å². The summed E-state index contributed by atoms with van der Waals surface area (Å²) in [6.45, 7) is 10.4. The zero-order chi connectivity index (χ0) is 21.6. The molecular formula is C26H34N2O3. The molecule has 2 aliphatic heterocycles. The van der Waals surface area contributed by atoms with Gasteiger partial charge in [-0.3, -0.25) is 14.6 Å². The summed E-state index contributed by atoms with van der Waals surface area (Å²) >= 11 is 0. The second-order valence-electron chi connectivity index (χ2n) is 8.74. The van der Waals surface area contributed by atoms with Crippen LogP contribution in [-0.4, -0.2) is 74.2 Å². The number of carbonyl (C=O) groups is 1. The number of ether oxygens (including phenoxy) is 2. The van der Waals surface area contributed by atoms with Gasteiger partial charge in [0.05, 0.1) is 38.5 Å². The number of benzene rings is 2. The van der Waals surface area contributed by atoms with Gasteiger partial charge in [-0.1, -0.05) is 68.4 Å². The lowest BCUT2D eigenvalue weighted by Gasteiger charge is -2.44. The van der Waals surface area contributed by atoms with Crippen molar-refractivity contribution < 1.29 is 14.3 Å². The predicted octanol–water partition coefficient (Wildman–Crippen LogP) is 3.77. The molecule has 5 nitrogen and oxygen atoms in total. The molecule has 0 N–H and O–H groups in total. The van der Waals surface area contributed by atoms with Gasteiger partial charge < -0.3 is 9.47 Å². The molecule has 2 heterocycles. The summed E-state index contributed by atoms with van der Waals surface area (Å²) in [6.07, 6.45) is 0. The van der Waals surface area contributed by atoms with Crippen LogP contribution in [0.15, 0.2) is 54.6 Å². The molecule has 0 saturated carbocycles. The minimum atomic E-state index is -0.255. The van der Waals surface area contributed by atoms with Crippen molar-refractivity contribution in [3.63, 3.8) is 0 Å². The quantitative estimate of drug-likeness (QED) is 0.636. The van der Waals surface area contributed by atoms with Crippen LogP contribution in [0.5, 0.6) is 0 Å². The average molecular weight is 423 g/mol. The third kappa shape index (κ3) is 5.24. The first kappa shape index (κ1) is 22.2. The zero-order valence-corrected chi connectivity index (χ0v) is 18.7. The molecule has 0 aliphatic carbocycles. The van der Waals surface area contributed by atoms with Crippen molar-refractivity contribution in [2.75, 3.05) is 52.6 Å². The molecule has 0 aromatic heterocycles. The van der Waals surface area contributed by atoms with E-state index < -0.39 is 0 Å². The van der Waals surface area contributed by atoms with Gasteiger partial charge in [-0.15, -0.1) is 0 Å². The van der Waals surface area contributed by atoms with E-state index in [1.807, 2.05) is 30.3 Å². The fraction of sp³-hybridized carbons (Fsp3) is 0.500. The molecule has 2 aliphatic rings. The van der Waals surface area contributed by atoms with Crippen LogP contribution in [0.25, 0.3) is 0 Å². The number of Topliss-reactive ketones (excluding diaryl/α,β-unsaturated/α-hetero) is 1. The Hall–Kier alpha value is -2.05. The Balaban J connectivity index is 1.75. The molecule has 0 amide bonds. The van der Waals surface area contributed by atoms with Crippen molar-refractivity contribution in [2.24, 2.45) is 0 Å². The lowest BCUT2D eigenvalue weighted by molar-refractivity contribution is -0.0301. The Kier molecular flexibility index (Phi) is 7.51. The Morgan fingerprint density at radius 2 is 1.26 bits per heavy atom. The van der Waals surface area contributed by atoms with E-state index >= 15 is 0 Å². The zero-order valence-electron chi connectivity index (χ0n) is 18.7. The highest BCUT2D eigenvalue weighted by Gasteiger charge is 2.39. The Morgan fingerprint density at radius 3 is 1.81 bits per heavy atom. The van der Waals surface area contributed by atoms with Crippen molar-refractivity contribution in [1.29, 1.82) is 0 Å². The van der Waals surface area contributed by atoms with Gasteiger partial charge in [-0.05, 0) is 17.0 Å². The van der Waals surface area contributed by atoms with Crippen LogP contribution < -0.4 is 0 Å². The lowest BCUT2D eigenvalue weighted by atomic mass is 9.88. The molecule has 2 fully saturated rings. The van der Waals surface area contributed by atoms with Gasteiger partial charge in [0.25, 0.3) is 0 Å². The molecular weight excluding hydrogens is 388 g/mol. The molecule has 166 valence electrons. The number of rotatable bonds is 7. The summed E-state index contributed by atoms with van der Waals surface area (Å²) in [4.78, 5) is 18.7. The first-order chi connectivity index (χ1) is 15.1. The topological polar surface area (TPSA) is 42.0 Å². The standard InChI is InChI=1S/C26H34N2O3/c1-20(2)21-8-10-22(11-9-21)24(27-12-16-30-17-13-27)25(28-14-18-31-19-15-28)26(29)23-6-4-3-5-7-23/h3-11,20,24-25H,12-19H2,1-2H3. The summed E-state index contributed by atoms with van der Waals surface area (Å²) < 4.78 is 11.3. The van der Waals surface area contributed by atoms with Crippen LogP contribution in [0.4, 0.5) is 0 Å². The molecule has 0 radical (unpaired) electrons. The first-order valence-electron chi connectivity index (χ1n) is 11.5. The Bertz CT molecular complexity index is 825. The molecule has 2 unspecified atom stereocenters. The van der Waals surface area contributed by atoms with E-state index in [2.05, 4.69) is 47.9 Å². The van der Waals surface area contributed by atoms with Gasteiger partial charge in [0.15, 0.2) is 5.78 Å². The number of morpholine rings is 2. The van der Waals surface area contributed by atoms with E-state index in [0.29, 0.717) is 32.3 Å². The monoisotopic (exact) mass is 422 g/mol. The van der Waals surface area contributed by atoms with Crippen molar-refractivity contribution in [3.8, 4) is 0 Å². The highest BCUT2D eigenvalue weighted by atomic mass is 16.5. The van der Waals surface area contributed by atoms with E-state index in [9.17, 15) is 4.79 Å². The van der Waals surface area contributed by atoms with Gasteiger partial charge in [-0.2, -0.15) is 0 Å². The highest BCUT2D eigenvalue weighted by Crippen LogP contribution is 2.32. The molecule has 2 aromatic rings. The number of ketones is 1. The SMILES string of the molecule is CC(C)c1ccc(C(C(C(=O)c2ccccc2)N2CCOCC2)N2CCOCC2)cc1. The number of nitrogens with zero attached hydrogens (tertiary/aromatic N) is 2. The minimum Gasteiger partial charge on any atom is -0.379 e. The van der Waals surface area contributed by atoms with Crippen LogP contribution in [0, 0.1) is 0 Å². The summed E-state index contributed by atoms with van der Waals surface area (Å²) in [7, 11) is 0. The van der Waals surface area contributed by atoms with Gasteiger partial charge >= 0.3 is 0 Å². The van der Waals surface area contributed by atoms with Crippen LogP contribution in [0.1, 0.15) is 47.3 Å². The van der Waals surface area contributed by atoms with Gasteiger partial charge in [0, 0.05) is 31.7 Å². The normalized spacial score (nSPS) is 20.5. The van der Waals surface area contributed by atoms with Crippen LogP contribution >= 0.6 is 0 Å². The third-order valence-electron chi connectivity index (χ3n) is 6.45. The first-order valence-corrected chi connectivity index (χ1v) is 11.5. The molecule has 5 heteroatoms. The molecule has 31 heavy (non-hydrogen) atoms. The van der Waals surface area contributed by atoms with E-state index in [4.69, 9.17) is 9.47 Å². The molecule has 2 aromatic carbocycles. The Morgan fingerprint density at radius 1 is 0.742 bits per heavy atom. The molecule has 0 spiro atoms. The smallest absolute Gasteiger partial charge is 0.181 e. The molecule has 4 rings (SSSR count). The fourth-order valence-electron chi connectivity index (χ4n) is 4.66. The van der Waals surface area contributed by atoms with E-state index in [1.54, 1.807) is 0 Å². The third-order valence-corrected chi connectivity index (χ3v) is 6.45. The summed E-state index contributed by atoms with van der Waals surface area (Å²) in [5, 5.41) is 0. The predicted molar refractivity (Wildman–Crippen MR) is 123 cm³/mol. The summed E-state index contributed by atoms with van der Waals surface area (Å²) in [5.41, 5.74) is 3.30. The fourth-order valence-corrected chi connectivity index (χ4v) is 4.66. The average Bonchev–Trinajstić information content (AvgIpc) is 2.84. The van der Waals surface area contributed by atoms with Gasteiger partial charge in [0.1, 0.15) is 0 Å². The molecule has 2 saturated heterocycles. The van der Waals surface area contributed by atoms with Crippen molar-refractivity contribution in [1.82, 2.24) is 9.80 Å². The largest absolute Gasteiger partial charge is 0.379 e. The van der Waals surface area contributed by atoms with Crippen molar-refractivity contribution >= 4 is 5.78 Å². The summed E-state index contributed by atoms with van der Waals surface area (Å²) in [5.74, 6) is 0.670. The Labute approximate surface area is 185 Å². The van der Waals surface area contributed by atoms with Gasteiger partial charge in [-0.25, -0.2) is 0 Å². The molecule has 2 atom stereocenters. The maximum Gasteiger partial charge on any atom is 0.181 e. The highest BCUT2D eigenvalue weighted by molar-refractivity contribution is 6.00. The van der Waals surface area contributed by atoms with E-state index in [1.165, 1.54) is 11.1 Å². The number of hydrogen-bond acceptors (Lipinski definition) is 5. The second kappa shape index (κ2) is 10.5. The molecule has 0 bridgehead atoms. The van der Waals surface area contributed by atoms with E-state index in [0.717, 1.165) is 31.7 Å². The van der Waals surface area contributed by atoms with E-state index in [-0.39, 0.29) is 17.9 Å². The minimum absolute atomic E-state index is 0.0177. The number of carbonyl (C=O) groups excluding carboxylic acids is 1. The van der Waals surface area contributed by atoms with Crippen LogP contribution in [0.3, 0.4) is 0 Å². The van der Waals surface area contributed by atoms with Crippen molar-refractivity contribution in [2.45, 2.75) is 31.8 Å².